The molecule has 0 radical (unpaired) electrons. The van der Waals surface area contributed by atoms with Crippen LogP contribution >= 0.6 is 0 Å². The molecule has 9 heteroatoms. The van der Waals surface area contributed by atoms with E-state index in [9.17, 15) is 19.2 Å². The molecule has 0 unspecified atom stereocenters. The molecule has 0 aliphatic heterocycles. The van der Waals surface area contributed by atoms with Crippen molar-refractivity contribution in [3.8, 4) is 0 Å². The van der Waals surface area contributed by atoms with E-state index < -0.39 is 23.3 Å². The van der Waals surface area contributed by atoms with Gasteiger partial charge in [0.05, 0.1) is 6.33 Å². The van der Waals surface area contributed by atoms with Crippen LogP contribution in [0, 0.1) is 0 Å². The highest BCUT2D eigenvalue weighted by atomic mass is 16.5. The van der Waals surface area contributed by atoms with Gasteiger partial charge in [-0.05, 0) is 18.9 Å². The number of fused-ring (bicyclic) bond motifs is 1. The van der Waals surface area contributed by atoms with Crippen molar-refractivity contribution in [3.05, 3.63) is 62.6 Å². The number of imidazole rings is 1. The number of aromatic nitrogens is 4. The first kappa shape index (κ1) is 20.2. The van der Waals surface area contributed by atoms with Gasteiger partial charge in [0, 0.05) is 19.7 Å². The second kappa shape index (κ2) is 7.86. The van der Waals surface area contributed by atoms with Crippen LogP contribution in [0.25, 0.3) is 11.2 Å². The van der Waals surface area contributed by atoms with E-state index in [0.717, 1.165) is 16.6 Å². The predicted molar refractivity (Wildman–Crippen MR) is 106 cm³/mol. The van der Waals surface area contributed by atoms with E-state index in [0.29, 0.717) is 5.56 Å². The molecule has 0 saturated heterocycles. The first-order valence-electron chi connectivity index (χ1n) is 9.18. The fraction of sp³-hybridized carbons (Fsp3) is 0.350. The maximum atomic E-state index is 12.5. The van der Waals surface area contributed by atoms with Crippen molar-refractivity contribution < 1.29 is 14.3 Å². The highest BCUT2D eigenvalue weighted by Crippen LogP contribution is 2.11. The van der Waals surface area contributed by atoms with Crippen molar-refractivity contribution in [2.24, 2.45) is 14.1 Å². The summed E-state index contributed by atoms with van der Waals surface area (Å²) in [6, 6.07) is 7.14. The third-order valence-electron chi connectivity index (χ3n) is 4.84. The van der Waals surface area contributed by atoms with Crippen LogP contribution in [-0.4, -0.2) is 36.5 Å². The average molecular weight is 398 g/mol. The second-order valence-corrected chi connectivity index (χ2v) is 6.80. The van der Waals surface area contributed by atoms with Crippen molar-refractivity contribution in [2.75, 3.05) is 0 Å². The van der Waals surface area contributed by atoms with Crippen molar-refractivity contribution in [1.82, 2.24) is 18.7 Å². The lowest BCUT2D eigenvalue weighted by atomic mass is 10.0. The number of ketones is 1. The molecule has 0 amide bonds. The summed E-state index contributed by atoms with van der Waals surface area (Å²) >= 11 is 0. The molecule has 0 N–H and O–H groups in total. The number of ether oxygens (including phenoxy) is 1. The maximum absolute atomic E-state index is 12.5. The van der Waals surface area contributed by atoms with E-state index in [1.54, 1.807) is 12.1 Å². The SMILES string of the molecule is CCc1ccc(C(=O)[C@@H](C)OC(=O)Cn2cnc3c2c(=O)n(C)c(=O)n3C)cc1. The van der Waals surface area contributed by atoms with Crippen LogP contribution in [0.1, 0.15) is 29.8 Å². The molecule has 1 atom stereocenters. The number of hydrogen-bond donors (Lipinski definition) is 0. The molecule has 3 rings (SSSR count). The van der Waals surface area contributed by atoms with Gasteiger partial charge in [-0.2, -0.15) is 0 Å². The van der Waals surface area contributed by atoms with Crippen LogP contribution in [0.3, 0.4) is 0 Å². The highest BCUT2D eigenvalue weighted by molar-refractivity contribution is 6.00. The molecule has 29 heavy (non-hydrogen) atoms. The number of aryl methyl sites for hydroxylation is 2. The number of Topliss-reactive ketones (excluding diaryl/α,β-unsaturated/α-hetero) is 1. The number of benzene rings is 1. The van der Waals surface area contributed by atoms with Gasteiger partial charge in [0.1, 0.15) is 6.54 Å². The zero-order valence-electron chi connectivity index (χ0n) is 16.7. The molecule has 2 heterocycles. The van der Waals surface area contributed by atoms with Gasteiger partial charge in [-0.15, -0.1) is 0 Å². The number of esters is 1. The molecule has 2 aromatic heterocycles. The van der Waals surface area contributed by atoms with Gasteiger partial charge >= 0.3 is 11.7 Å². The smallest absolute Gasteiger partial charge is 0.332 e. The first-order valence-corrected chi connectivity index (χ1v) is 9.18. The maximum Gasteiger partial charge on any atom is 0.332 e. The van der Waals surface area contributed by atoms with Gasteiger partial charge in [-0.1, -0.05) is 31.2 Å². The standard InChI is InChI=1S/C20H22N4O5/c1-5-13-6-8-14(9-7-13)17(26)12(2)29-15(25)10-24-11-21-18-16(24)19(27)23(4)20(28)22(18)3/h6-9,11-12H,5,10H2,1-4H3/t12-/m1/s1. The zero-order chi connectivity index (χ0) is 21.3. The average Bonchev–Trinajstić information content (AvgIpc) is 3.13. The molecule has 0 aliphatic rings. The summed E-state index contributed by atoms with van der Waals surface area (Å²) in [5.74, 6) is -0.999. The summed E-state index contributed by atoms with van der Waals surface area (Å²) in [6.07, 6.45) is 1.18. The first-order chi connectivity index (χ1) is 13.7. The van der Waals surface area contributed by atoms with Crippen LogP contribution in [0.15, 0.2) is 40.2 Å². The second-order valence-electron chi connectivity index (χ2n) is 6.80. The molecule has 0 bridgehead atoms. The normalized spacial score (nSPS) is 12.1. The lowest BCUT2D eigenvalue weighted by Gasteiger charge is -2.13. The number of hydrogen-bond acceptors (Lipinski definition) is 6. The number of nitrogens with zero attached hydrogens (tertiary/aromatic N) is 4. The molecular weight excluding hydrogens is 376 g/mol. The van der Waals surface area contributed by atoms with Gasteiger partial charge < -0.3 is 9.30 Å². The molecule has 0 aliphatic carbocycles. The van der Waals surface area contributed by atoms with Gasteiger partial charge in [0.2, 0.25) is 5.78 Å². The van der Waals surface area contributed by atoms with Gasteiger partial charge in [0.15, 0.2) is 17.3 Å². The molecule has 9 nitrogen and oxygen atoms in total. The Balaban J connectivity index is 1.78. The van der Waals surface area contributed by atoms with Crippen molar-refractivity contribution in [1.29, 1.82) is 0 Å². The molecular formula is C20H22N4O5. The third kappa shape index (κ3) is 3.75. The summed E-state index contributed by atoms with van der Waals surface area (Å²) in [6.45, 7) is 3.21. The predicted octanol–water partition coefficient (Wildman–Crippen LogP) is 0.811. The van der Waals surface area contributed by atoms with E-state index in [-0.39, 0.29) is 23.5 Å². The Hall–Kier alpha value is -3.49. The largest absolute Gasteiger partial charge is 0.453 e. The van der Waals surface area contributed by atoms with E-state index in [1.165, 1.54) is 36.5 Å². The molecule has 3 aromatic rings. The van der Waals surface area contributed by atoms with Crippen molar-refractivity contribution >= 4 is 22.9 Å². The van der Waals surface area contributed by atoms with Crippen LogP contribution in [0.2, 0.25) is 0 Å². The van der Waals surface area contributed by atoms with Gasteiger partial charge in [0.25, 0.3) is 5.56 Å². The van der Waals surface area contributed by atoms with E-state index in [4.69, 9.17) is 4.74 Å². The van der Waals surface area contributed by atoms with Gasteiger partial charge in [-0.3, -0.25) is 23.5 Å². The summed E-state index contributed by atoms with van der Waals surface area (Å²) < 4.78 is 8.74. The monoisotopic (exact) mass is 398 g/mol. The highest BCUT2D eigenvalue weighted by Gasteiger charge is 2.21. The zero-order valence-corrected chi connectivity index (χ0v) is 16.7. The van der Waals surface area contributed by atoms with E-state index >= 15 is 0 Å². The Bertz CT molecular complexity index is 1200. The summed E-state index contributed by atoms with van der Waals surface area (Å²) in [7, 11) is 2.84. The molecule has 1 aromatic carbocycles. The number of carbonyl (C=O) groups excluding carboxylic acids is 2. The summed E-state index contributed by atoms with van der Waals surface area (Å²) in [5, 5.41) is 0. The Morgan fingerprint density at radius 3 is 2.38 bits per heavy atom. The molecule has 0 saturated carbocycles. The minimum Gasteiger partial charge on any atom is -0.453 e. The van der Waals surface area contributed by atoms with Crippen LogP contribution in [0.4, 0.5) is 0 Å². The quantitative estimate of drug-likeness (QED) is 0.449. The minimum atomic E-state index is -0.975. The Morgan fingerprint density at radius 2 is 1.76 bits per heavy atom. The number of rotatable bonds is 6. The van der Waals surface area contributed by atoms with Crippen LogP contribution < -0.4 is 11.2 Å². The lowest BCUT2D eigenvalue weighted by Crippen LogP contribution is -2.37. The number of carbonyl (C=O) groups is 2. The fourth-order valence-electron chi connectivity index (χ4n) is 3.08. The van der Waals surface area contributed by atoms with Crippen molar-refractivity contribution in [2.45, 2.75) is 32.9 Å². The Morgan fingerprint density at radius 1 is 1.10 bits per heavy atom. The van der Waals surface area contributed by atoms with Crippen LogP contribution in [-0.2, 0) is 36.6 Å². The fourth-order valence-corrected chi connectivity index (χ4v) is 3.08. The van der Waals surface area contributed by atoms with Crippen molar-refractivity contribution in [3.63, 3.8) is 0 Å². The molecule has 0 spiro atoms. The van der Waals surface area contributed by atoms with Crippen LogP contribution in [0.5, 0.6) is 0 Å². The third-order valence-corrected chi connectivity index (χ3v) is 4.84. The van der Waals surface area contributed by atoms with Gasteiger partial charge in [-0.25, -0.2) is 9.78 Å². The summed E-state index contributed by atoms with van der Waals surface area (Å²) in [5.41, 5.74) is 0.775. The Kier molecular flexibility index (Phi) is 5.49. The topological polar surface area (TPSA) is 105 Å². The Labute approximate surface area is 166 Å². The minimum absolute atomic E-state index is 0.112. The molecule has 0 fully saturated rings. The van der Waals surface area contributed by atoms with E-state index in [2.05, 4.69) is 4.98 Å². The molecule has 152 valence electrons. The summed E-state index contributed by atoms with van der Waals surface area (Å²) in [4.78, 5) is 53.3. The lowest BCUT2D eigenvalue weighted by molar-refractivity contribution is -0.146. The van der Waals surface area contributed by atoms with E-state index in [1.807, 2.05) is 19.1 Å².